The van der Waals surface area contributed by atoms with Gasteiger partial charge in [-0.05, 0) is 12.8 Å². The van der Waals surface area contributed by atoms with Gasteiger partial charge in [-0.3, -0.25) is 33.8 Å². The zero-order valence-electron chi connectivity index (χ0n) is 30.2. The van der Waals surface area contributed by atoms with E-state index in [0.717, 1.165) is 0 Å². The molecule has 2 aromatic carbocycles. The third kappa shape index (κ3) is 12.3. The number of nitrogens with two attached hydrogens (primary N) is 3. The van der Waals surface area contributed by atoms with Crippen molar-refractivity contribution in [3.05, 3.63) is 46.5 Å². The summed E-state index contributed by atoms with van der Waals surface area (Å²) < 4.78 is 122. The summed E-state index contributed by atoms with van der Waals surface area (Å²) in [6.45, 7) is -1.97. The van der Waals surface area contributed by atoms with Crippen LogP contribution < -0.4 is 43.8 Å². The maximum atomic E-state index is 15.3. The van der Waals surface area contributed by atoms with Crippen LogP contribution in [0.2, 0.25) is 0 Å². The van der Waals surface area contributed by atoms with Gasteiger partial charge in [0.2, 0.25) is 29.5 Å². The standard InChI is InChI=1S/C32H33F8N9O9S2/c33-18-16-17-20(35)24(39)27(25(40)21(17)36)60-8-12(31(57)58)49-30(56)11(4-15(52)53)48-14(51)6-46-29(55)10(2-1-3-44-32(42)43)47-13(50)5-45-28(54)9(41)7-59-26(22(18)37)23(38)19(16)34/h9-12H,1-8,41H2,(H,45,54)(H,46,55)(H,47,50)(H,48,51)(H,49,56)(H,52,53)(H,57,58)(H4,42,43,44)/t9-,10-,11-,12-/m0/s1. The van der Waals surface area contributed by atoms with Gasteiger partial charge in [-0.2, -0.15) is 0 Å². The minimum absolute atomic E-state index is 0.0322. The number of halogens is 8. The van der Waals surface area contributed by atoms with Gasteiger partial charge in [-0.25, -0.2) is 39.9 Å². The van der Waals surface area contributed by atoms with Crippen molar-refractivity contribution < 1.29 is 78.9 Å². The van der Waals surface area contributed by atoms with Crippen LogP contribution in [0.5, 0.6) is 0 Å². The second-order valence-corrected chi connectivity index (χ2v) is 14.3. The molecule has 5 amide bonds. The number of fused-ring (bicyclic) bond motifs is 2. The van der Waals surface area contributed by atoms with E-state index in [0.29, 0.717) is 0 Å². The number of nitrogens with zero attached hydrogens (tertiary/aromatic N) is 1. The van der Waals surface area contributed by atoms with Gasteiger partial charge >= 0.3 is 11.9 Å². The lowest BCUT2D eigenvalue weighted by Crippen LogP contribution is -2.55. The number of hydrogen-bond donors (Lipinski definition) is 10. The number of aliphatic imine (C=N–C) groups is 1. The molecule has 3 aliphatic heterocycles. The molecule has 0 saturated heterocycles. The number of carboxylic acids is 2. The van der Waals surface area contributed by atoms with Crippen LogP contribution >= 0.6 is 23.5 Å². The van der Waals surface area contributed by atoms with Gasteiger partial charge in [0.25, 0.3) is 0 Å². The highest BCUT2D eigenvalue weighted by molar-refractivity contribution is 7.99. The molecular formula is C32H33F8N9O9S2. The first-order valence-corrected chi connectivity index (χ1v) is 18.7. The van der Waals surface area contributed by atoms with Crippen LogP contribution in [0.3, 0.4) is 0 Å². The molecule has 4 bridgehead atoms. The summed E-state index contributed by atoms with van der Waals surface area (Å²) in [7, 11) is 0. The number of carbonyl (C=O) groups excluding carboxylic acids is 5. The summed E-state index contributed by atoms with van der Waals surface area (Å²) in [6.07, 6.45) is -1.40. The van der Waals surface area contributed by atoms with E-state index < -0.39 is 164 Å². The lowest BCUT2D eigenvalue weighted by atomic mass is 10.0. The van der Waals surface area contributed by atoms with E-state index in [4.69, 9.17) is 17.2 Å². The van der Waals surface area contributed by atoms with Gasteiger partial charge in [-0.15, -0.1) is 23.5 Å². The Morgan fingerprint density at radius 2 is 1.10 bits per heavy atom. The molecule has 0 aliphatic carbocycles. The molecule has 328 valence electrons. The van der Waals surface area contributed by atoms with E-state index in [1.165, 1.54) is 0 Å². The Bertz CT molecular complexity index is 2040. The number of hydrogen-bond acceptors (Lipinski definition) is 11. The number of guanidine groups is 1. The Labute approximate surface area is 340 Å². The first-order chi connectivity index (χ1) is 28.1. The van der Waals surface area contributed by atoms with Crippen LogP contribution in [0, 0.1) is 46.5 Å². The molecule has 5 rings (SSSR count). The molecule has 60 heavy (non-hydrogen) atoms. The van der Waals surface area contributed by atoms with E-state index in [-0.39, 0.29) is 48.9 Å². The third-order valence-electron chi connectivity index (χ3n) is 7.92. The average molecular weight is 904 g/mol. The summed E-state index contributed by atoms with van der Waals surface area (Å²) in [6, 6.07) is -7.64. The molecule has 4 atom stereocenters. The van der Waals surface area contributed by atoms with Crippen molar-refractivity contribution in [3.63, 3.8) is 0 Å². The Balaban J connectivity index is 2.08. The molecule has 28 heteroatoms. The highest BCUT2D eigenvalue weighted by Gasteiger charge is 2.36. The van der Waals surface area contributed by atoms with Crippen molar-refractivity contribution in [2.24, 2.45) is 22.2 Å². The molecular weight excluding hydrogens is 871 g/mol. The number of thioether (sulfide) groups is 2. The number of amides is 5. The lowest BCUT2D eigenvalue weighted by molar-refractivity contribution is -0.143. The van der Waals surface area contributed by atoms with Gasteiger partial charge in [0.15, 0.2) is 52.5 Å². The summed E-state index contributed by atoms with van der Waals surface area (Å²) in [5.41, 5.74) is 11.7. The highest BCUT2D eigenvalue weighted by atomic mass is 32.2. The van der Waals surface area contributed by atoms with Crippen LogP contribution in [0.4, 0.5) is 35.1 Å². The minimum atomic E-state index is -2.60. The SMILES string of the molecule is NC(N)=NCCC[C@@H]1NC(=O)CNC(=O)[C@@H](N)CSc2c(F)c(F)c(c(F)c2F)-c2c(F)c(F)c(c(F)c2F)SC[C@@H](C(=O)O)NC(=O)[C@H](CC(=O)O)NC(=O)CNC1=O. The zero-order valence-corrected chi connectivity index (χ0v) is 31.9. The molecule has 0 saturated carbocycles. The molecule has 3 heterocycles. The molecule has 0 radical (unpaired) electrons. The van der Waals surface area contributed by atoms with Gasteiger partial charge in [0.05, 0.1) is 46.5 Å². The van der Waals surface area contributed by atoms with Gasteiger partial charge < -0.3 is 54.0 Å². The second kappa shape index (κ2) is 21.4. The second-order valence-electron chi connectivity index (χ2n) is 12.3. The van der Waals surface area contributed by atoms with Crippen molar-refractivity contribution in [1.82, 2.24) is 26.6 Å². The third-order valence-corrected chi connectivity index (χ3v) is 10.2. The Morgan fingerprint density at radius 3 is 1.55 bits per heavy atom. The topological polar surface area (TPSA) is 311 Å². The number of carboxylic acid groups (broad SMARTS) is 2. The fraction of sp³-hybridized carbons (Fsp3) is 0.375. The number of carbonyl (C=O) groups is 7. The van der Waals surface area contributed by atoms with Gasteiger partial charge in [0, 0.05) is 18.1 Å². The van der Waals surface area contributed by atoms with Gasteiger partial charge in [0.1, 0.15) is 18.1 Å². The van der Waals surface area contributed by atoms with Crippen LogP contribution in [-0.4, -0.2) is 113 Å². The number of benzene rings is 2. The smallest absolute Gasteiger partial charge is 0.327 e. The highest BCUT2D eigenvalue weighted by Crippen LogP contribution is 2.42. The van der Waals surface area contributed by atoms with Crippen molar-refractivity contribution in [3.8, 4) is 11.1 Å². The number of rotatable bonds is 7. The molecule has 0 aromatic heterocycles. The van der Waals surface area contributed by atoms with E-state index >= 15 is 35.1 Å². The quantitative estimate of drug-likeness (QED) is 0.0540. The van der Waals surface area contributed by atoms with E-state index in [1.807, 2.05) is 10.6 Å². The Morgan fingerprint density at radius 1 is 0.650 bits per heavy atom. The van der Waals surface area contributed by atoms with Crippen molar-refractivity contribution in [2.75, 3.05) is 31.1 Å². The number of nitrogens with one attached hydrogen (secondary N) is 5. The summed E-state index contributed by atoms with van der Waals surface area (Å²) in [4.78, 5) is 88.0. The molecule has 0 fully saturated rings. The number of aliphatic carboxylic acids is 2. The predicted octanol–water partition coefficient (Wildman–Crippen LogP) is -0.709. The Hall–Kier alpha value is -5.90. The molecule has 3 aliphatic rings. The van der Waals surface area contributed by atoms with Crippen LogP contribution in [-0.2, 0) is 33.6 Å². The molecule has 18 nitrogen and oxygen atoms in total. The largest absolute Gasteiger partial charge is 0.481 e. The molecule has 2 aromatic rings. The van der Waals surface area contributed by atoms with Crippen molar-refractivity contribution in [1.29, 1.82) is 0 Å². The Kier molecular flexibility index (Phi) is 17.3. The summed E-state index contributed by atoms with van der Waals surface area (Å²) in [5, 5.41) is 29.0. The fourth-order valence-electron chi connectivity index (χ4n) is 5.01. The average Bonchev–Trinajstić information content (AvgIpc) is 3.18. The van der Waals surface area contributed by atoms with Crippen molar-refractivity contribution in [2.45, 2.75) is 53.2 Å². The van der Waals surface area contributed by atoms with Crippen LogP contribution in [0.15, 0.2) is 14.8 Å². The molecule has 13 N–H and O–H groups in total. The normalized spacial score (nSPS) is 20.2. The zero-order chi connectivity index (χ0) is 45.2. The first kappa shape index (κ1) is 48.5. The lowest BCUT2D eigenvalue weighted by Gasteiger charge is -2.22. The van der Waals surface area contributed by atoms with E-state index in [1.54, 1.807) is 5.32 Å². The van der Waals surface area contributed by atoms with E-state index in [9.17, 15) is 43.8 Å². The first-order valence-electron chi connectivity index (χ1n) is 16.7. The minimum Gasteiger partial charge on any atom is -0.481 e. The van der Waals surface area contributed by atoms with Gasteiger partial charge in [-0.1, -0.05) is 0 Å². The maximum absolute atomic E-state index is 15.3. The van der Waals surface area contributed by atoms with Crippen LogP contribution in [0.25, 0.3) is 11.1 Å². The monoisotopic (exact) mass is 903 g/mol. The summed E-state index contributed by atoms with van der Waals surface area (Å²) >= 11 is -0.450. The van der Waals surface area contributed by atoms with E-state index in [2.05, 4.69) is 15.6 Å². The fourth-order valence-corrected chi connectivity index (χ4v) is 6.94. The maximum Gasteiger partial charge on any atom is 0.327 e. The van der Waals surface area contributed by atoms with Crippen LogP contribution in [0.1, 0.15) is 19.3 Å². The molecule has 0 spiro atoms. The summed E-state index contributed by atoms with van der Waals surface area (Å²) in [5.74, 6) is -32.1. The molecule has 0 unspecified atom stereocenters. The van der Waals surface area contributed by atoms with Crippen molar-refractivity contribution >= 4 is 71.0 Å². The predicted molar refractivity (Wildman–Crippen MR) is 193 cm³/mol.